The number of Topliss-reactive ketones (excluding diaryl/α,β-unsaturated/α-hetero) is 1. The molecule has 13 heteroatoms. The molecule has 4 N–H and O–H groups in total. The maximum Gasteiger partial charge on any atom is 0.419 e. The van der Waals surface area contributed by atoms with Crippen molar-refractivity contribution in [3.05, 3.63) is 59.7 Å². The number of esters is 1. The van der Waals surface area contributed by atoms with Crippen molar-refractivity contribution in [1.82, 2.24) is 4.90 Å². The van der Waals surface area contributed by atoms with E-state index in [1.807, 2.05) is 32.9 Å². The minimum Gasteiger partial charge on any atom is -0.492 e. The number of primary amides is 1. The van der Waals surface area contributed by atoms with Gasteiger partial charge in [-0.05, 0) is 40.6 Å². The number of morpholine rings is 1. The van der Waals surface area contributed by atoms with Crippen molar-refractivity contribution in [1.29, 1.82) is 0 Å². The summed E-state index contributed by atoms with van der Waals surface area (Å²) < 4.78 is 21.3. The molecule has 13 nitrogen and oxygen atoms in total. The third kappa shape index (κ3) is 8.13. The van der Waals surface area contributed by atoms with Crippen molar-refractivity contribution in [2.24, 2.45) is 5.73 Å². The zero-order valence-corrected chi connectivity index (χ0v) is 25.6. The van der Waals surface area contributed by atoms with Gasteiger partial charge in [-0.15, -0.1) is 0 Å². The van der Waals surface area contributed by atoms with Crippen LogP contribution < -0.4 is 25.8 Å². The number of fused-ring (bicyclic) bond motifs is 1. The van der Waals surface area contributed by atoms with Gasteiger partial charge in [-0.2, -0.15) is 0 Å². The van der Waals surface area contributed by atoms with E-state index in [-0.39, 0.29) is 22.7 Å². The molecule has 1 aliphatic rings. The molecule has 0 saturated carbocycles. The lowest BCUT2D eigenvalue weighted by Crippen LogP contribution is -2.38. The number of methoxy groups -OCH3 is 1. The molecule has 1 heterocycles. The van der Waals surface area contributed by atoms with Gasteiger partial charge in [0.2, 0.25) is 0 Å². The Hall–Kier alpha value is -5.01. The molecule has 3 aromatic rings. The molecule has 1 saturated heterocycles. The van der Waals surface area contributed by atoms with Gasteiger partial charge in [0, 0.05) is 30.6 Å². The second-order valence-corrected chi connectivity index (χ2v) is 11.3. The lowest BCUT2D eigenvalue weighted by atomic mass is 9.86. The van der Waals surface area contributed by atoms with Gasteiger partial charge in [0.25, 0.3) is 11.7 Å². The Balaban J connectivity index is 1.59. The minimum atomic E-state index is -1.56. The fraction of sp³-hybridized carbons (Fsp3) is 0.344. The van der Waals surface area contributed by atoms with Crippen LogP contribution in [0.2, 0.25) is 0 Å². The van der Waals surface area contributed by atoms with E-state index < -0.39 is 35.1 Å². The first-order chi connectivity index (χ1) is 21.4. The number of hydrogen-bond acceptors (Lipinski definition) is 10. The molecule has 0 aliphatic carbocycles. The number of nitrogens with two attached hydrogens (primary N) is 1. The van der Waals surface area contributed by atoms with Crippen LogP contribution in [0, 0.1) is 0 Å². The Labute approximate surface area is 259 Å². The number of ketones is 1. The summed E-state index contributed by atoms with van der Waals surface area (Å²) in [5.74, 6) is -4.21. The van der Waals surface area contributed by atoms with Crippen LogP contribution in [0.1, 0.15) is 36.7 Å². The fourth-order valence-corrected chi connectivity index (χ4v) is 4.74. The molecule has 3 aromatic carbocycles. The maximum atomic E-state index is 13.5. The van der Waals surface area contributed by atoms with Crippen LogP contribution in [0.3, 0.4) is 0 Å². The fourth-order valence-electron chi connectivity index (χ4n) is 4.74. The van der Waals surface area contributed by atoms with Crippen molar-refractivity contribution >= 4 is 51.8 Å². The Morgan fingerprint density at radius 1 is 0.933 bits per heavy atom. The second-order valence-electron chi connectivity index (χ2n) is 11.3. The van der Waals surface area contributed by atoms with Gasteiger partial charge in [0.15, 0.2) is 5.75 Å². The van der Waals surface area contributed by atoms with E-state index in [1.165, 1.54) is 7.11 Å². The number of amides is 3. The SMILES string of the molecule is COc1c(NC(=O)OC(=O)C(N)=O)cc(C(C)(C)C)cc1NC(=O)C(=O)c1ccc(OCCN2CCOCC2)c2ccccc12. The van der Waals surface area contributed by atoms with Crippen molar-refractivity contribution in [3.63, 3.8) is 0 Å². The number of nitrogens with one attached hydrogen (secondary N) is 2. The zero-order valence-electron chi connectivity index (χ0n) is 25.6. The Morgan fingerprint density at radius 2 is 1.58 bits per heavy atom. The molecular formula is C32H36N4O9. The molecule has 0 unspecified atom stereocenters. The van der Waals surface area contributed by atoms with Crippen molar-refractivity contribution < 1.29 is 42.9 Å². The highest BCUT2D eigenvalue weighted by atomic mass is 16.6. The highest BCUT2D eigenvalue weighted by molar-refractivity contribution is 6.48. The third-order valence-electron chi connectivity index (χ3n) is 7.13. The molecule has 1 fully saturated rings. The van der Waals surface area contributed by atoms with Crippen molar-refractivity contribution in [2.45, 2.75) is 26.2 Å². The number of benzene rings is 3. The summed E-state index contributed by atoms with van der Waals surface area (Å²) in [5, 5.41) is 6.15. The van der Waals surface area contributed by atoms with Crippen LogP contribution in [0.4, 0.5) is 16.2 Å². The second kappa shape index (κ2) is 14.2. The Kier molecular flexibility index (Phi) is 10.4. The molecule has 238 valence electrons. The van der Waals surface area contributed by atoms with Gasteiger partial charge in [0.05, 0.1) is 31.7 Å². The average molecular weight is 621 g/mol. The average Bonchev–Trinajstić information content (AvgIpc) is 3.00. The Bertz CT molecular complexity index is 1620. The summed E-state index contributed by atoms with van der Waals surface area (Å²) in [4.78, 5) is 64.0. The first-order valence-corrected chi connectivity index (χ1v) is 14.2. The van der Waals surface area contributed by atoms with E-state index in [2.05, 4.69) is 20.3 Å². The molecule has 1 aliphatic heterocycles. The van der Waals surface area contributed by atoms with E-state index in [4.69, 9.17) is 19.9 Å². The lowest BCUT2D eigenvalue weighted by Gasteiger charge is -2.26. The number of hydrogen-bond donors (Lipinski definition) is 3. The van der Waals surface area contributed by atoms with Crippen molar-refractivity contribution in [2.75, 3.05) is 57.2 Å². The number of rotatable bonds is 9. The molecule has 0 bridgehead atoms. The molecule has 0 spiro atoms. The molecule has 3 amide bonds. The molecule has 0 aromatic heterocycles. The predicted molar refractivity (Wildman–Crippen MR) is 166 cm³/mol. The number of anilines is 2. The first kappa shape index (κ1) is 32.9. The molecular weight excluding hydrogens is 584 g/mol. The van der Waals surface area contributed by atoms with Gasteiger partial charge in [0.1, 0.15) is 12.4 Å². The van der Waals surface area contributed by atoms with Gasteiger partial charge >= 0.3 is 18.0 Å². The molecule has 45 heavy (non-hydrogen) atoms. The van der Waals surface area contributed by atoms with Crippen molar-refractivity contribution in [3.8, 4) is 11.5 Å². The van der Waals surface area contributed by atoms with Crippen LogP contribution in [-0.4, -0.2) is 81.1 Å². The van der Waals surface area contributed by atoms with Crippen LogP contribution in [-0.2, 0) is 29.3 Å². The summed E-state index contributed by atoms with van der Waals surface area (Å²) in [5.41, 5.74) is 5.25. The summed E-state index contributed by atoms with van der Waals surface area (Å²) in [6.45, 7) is 9.91. The smallest absolute Gasteiger partial charge is 0.419 e. The molecule has 0 atom stereocenters. The highest BCUT2D eigenvalue weighted by Gasteiger charge is 2.26. The molecule has 0 radical (unpaired) electrons. The monoisotopic (exact) mass is 620 g/mol. The summed E-state index contributed by atoms with van der Waals surface area (Å²) in [7, 11) is 1.29. The minimum absolute atomic E-state index is 0.0129. The van der Waals surface area contributed by atoms with E-state index in [1.54, 1.807) is 36.4 Å². The predicted octanol–water partition coefficient (Wildman–Crippen LogP) is 3.24. The van der Waals surface area contributed by atoms with Gasteiger partial charge in [-0.25, -0.2) is 9.59 Å². The topological polar surface area (TPSA) is 176 Å². The van der Waals surface area contributed by atoms with Crippen LogP contribution in [0.5, 0.6) is 11.5 Å². The number of nitrogens with zero attached hydrogens (tertiary/aromatic N) is 1. The van der Waals surface area contributed by atoms with Crippen LogP contribution in [0.15, 0.2) is 48.5 Å². The van der Waals surface area contributed by atoms with E-state index in [0.717, 1.165) is 19.6 Å². The number of carbonyl (C=O) groups excluding carboxylic acids is 5. The number of carbonyl (C=O) groups is 5. The summed E-state index contributed by atoms with van der Waals surface area (Å²) in [6, 6.07) is 13.5. The summed E-state index contributed by atoms with van der Waals surface area (Å²) >= 11 is 0. The zero-order chi connectivity index (χ0) is 32.7. The van der Waals surface area contributed by atoms with Crippen LogP contribution >= 0.6 is 0 Å². The molecule has 4 rings (SSSR count). The van der Waals surface area contributed by atoms with Gasteiger partial charge < -0.3 is 30.0 Å². The van der Waals surface area contributed by atoms with E-state index in [0.29, 0.717) is 41.9 Å². The van der Waals surface area contributed by atoms with E-state index in [9.17, 15) is 24.0 Å². The third-order valence-corrected chi connectivity index (χ3v) is 7.13. The Morgan fingerprint density at radius 3 is 2.20 bits per heavy atom. The quantitative estimate of drug-likeness (QED) is 0.139. The maximum absolute atomic E-state index is 13.5. The first-order valence-electron chi connectivity index (χ1n) is 14.2. The largest absolute Gasteiger partial charge is 0.492 e. The number of ether oxygens (including phenoxy) is 4. The lowest BCUT2D eigenvalue weighted by molar-refractivity contribution is -0.148. The standard InChI is InChI=1S/C32H36N4O9/c1-32(2,3)19-17-23(27(42-4)24(18-19)35-31(41)45-30(40)28(33)38)34-29(39)26(37)22-9-10-25(21-8-6-5-7-20(21)22)44-16-13-36-11-14-43-15-12-36/h5-10,17-18H,11-16H2,1-4H3,(H2,33,38)(H,34,39)(H,35,41). The summed E-state index contributed by atoms with van der Waals surface area (Å²) in [6.07, 6.45) is -1.30. The van der Waals surface area contributed by atoms with Gasteiger partial charge in [-0.1, -0.05) is 45.0 Å². The normalized spacial score (nSPS) is 13.5. The van der Waals surface area contributed by atoms with E-state index >= 15 is 0 Å². The highest BCUT2D eigenvalue weighted by Crippen LogP contribution is 2.39. The van der Waals surface area contributed by atoms with Gasteiger partial charge in [-0.3, -0.25) is 24.6 Å². The van der Waals surface area contributed by atoms with Crippen LogP contribution in [0.25, 0.3) is 10.8 Å².